The average Bonchev–Trinajstić information content (AvgIpc) is 2.79. The molecule has 0 bridgehead atoms. The Morgan fingerprint density at radius 1 is 1.31 bits per heavy atom. The first kappa shape index (κ1) is 24.3. The molecular weight excluding hydrogens is 367 g/mol. The van der Waals surface area contributed by atoms with E-state index < -0.39 is 0 Å². The molecule has 1 unspecified atom stereocenters. The number of thioether (sulfide) groups is 1. The molecule has 1 atom stereocenters. The minimum Gasteiger partial charge on any atom is -0.354 e. The van der Waals surface area contributed by atoms with Gasteiger partial charge in [0.2, 0.25) is 0 Å². The molecule has 1 aliphatic heterocycles. The summed E-state index contributed by atoms with van der Waals surface area (Å²) in [5, 5.41) is 3.46. The summed E-state index contributed by atoms with van der Waals surface area (Å²) in [4.78, 5) is 6.56. The van der Waals surface area contributed by atoms with E-state index in [0.29, 0.717) is 0 Å². The Morgan fingerprint density at radius 2 is 1.96 bits per heavy atom. The van der Waals surface area contributed by atoms with Crippen molar-refractivity contribution in [1.29, 1.82) is 0 Å². The highest BCUT2D eigenvalue weighted by Gasteiger charge is 2.15. The Kier molecular flexibility index (Phi) is 11.1. The lowest BCUT2D eigenvalue weighted by Gasteiger charge is -2.24. The molecule has 1 aromatic rings. The number of rotatable bonds is 5. The largest absolute Gasteiger partial charge is 0.354 e. The van der Waals surface area contributed by atoms with Gasteiger partial charge in [0, 0.05) is 25.9 Å². The van der Waals surface area contributed by atoms with Gasteiger partial charge in [-0.05, 0) is 43.9 Å². The van der Waals surface area contributed by atoms with Crippen molar-refractivity contribution in [3.8, 4) is 0 Å². The maximum Gasteiger partial charge on any atom is 0.165 e. The molecule has 1 aromatic carbocycles. The van der Waals surface area contributed by atoms with Gasteiger partial charge in [-0.1, -0.05) is 23.8 Å². The highest BCUT2D eigenvalue weighted by molar-refractivity contribution is 7.99. The summed E-state index contributed by atoms with van der Waals surface area (Å²) in [7, 11) is 2.02. The third-order valence-corrected chi connectivity index (χ3v) is 4.14. The molecule has 0 aromatic heterocycles. The molecule has 26 heavy (non-hydrogen) atoms. The van der Waals surface area contributed by atoms with Crippen LogP contribution in [0.5, 0.6) is 0 Å². The van der Waals surface area contributed by atoms with Crippen LogP contribution in [0.15, 0.2) is 58.5 Å². The number of nitrogens with one attached hydrogen (secondary N) is 1. The smallest absolute Gasteiger partial charge is 0.165 e. The molecule has 0 radical (unpaired) electrons. The van der Waals surface area contributed by atoms with Gasteiger partial charge >= 0.3 is 0 Å². The lowest BCUT2D eigenvalue weighted by Crippen LogP contribution is -2.27. The van der Waals surface area contributed by atoms with Crippen LogP contribution in [-0.2, 0) is 0 Å². The second kappa shape index (κ2) is 11.8. The number of benzene rings is 1. The van der Waals surface area contributed by atoms with Crippen LogP contribution in [0.3, 0.4) is 0 Å². The summed E-state index contributed by atoms with van der Waals surface area (Å²) in [6.45, 7) is 4.13. The van der Waals surface area contributed by atoms with Crippen molar-refractivity contribution in [1.82, 2.24) is 16.4 Å². The minimum absolute atomic E-state index is 0. The Morgan fingerprint density at radius 3 is 2.54 bits per heavy atom. The predicted octanol–water partition coefficient (Wildman–Crippen LogP) is 4.89. The molecule has 7 heteroatoms. The third kappa shape index (κ3) is 7.27. The molecule has 2 rings (SSSR count). The van der Waals surface area contributed by atoms with E-state index in [1.807, 2.05) is 19.5 Å². The molecule has 1 aliphatic rings. The number of hydrogen-bond donors (Lipinski definition) is 2. The van der Waals surface area contributed by atoms with Crippen molar-refractivity contribution < 1.29 is 4.39 Å². The van der Waals surface area contributed by atoms with Crippen LogP contribution in [0.1, 0.15) is 25.8 Å². The Balaban J connectivity index is 0.00000312. The fourth-order valence-corrected chi connectivity index (χ4v) is 2.85. The van der Waals surface area contributed by atoms with Crippen LogP contribution < -0.4 is 11.5 Å². The summed E-state index contributed by atoms with van der Waals surface area (Å²) in [5.41, 5.74) is 4.20. The van der Waals surface area contributed by atoms with Gasteiger partial charge in [-0.2, -0.15) is 13.5 Å². The highest BCUT2D eigenvalue weighted by Crippen LogP contribution is 2.22. The van der Waals surface area contributed by atoms with E-state index in [9.17, 15) is 4.39 Å². The molecule has 0 saturated heterocycles. The van der Waals surface area contributed by atoms with Gasteiger partial charge in [-0.3, -0.25) is 4.99 Å². The molecule has 0 fully saturated rings. The van der Waals surface area contributed by atoms with Gasteiger partial charge in [0.1, 0.15) is 5.82 Å². The zero-order chi connectivity index (χ0) is 17.5. The summed E-state index contributed by atoms with van der Waals surface area (Å²) in [6, 6.07) is 6.52. The molecule has 4 nitrogen and oxygen atoms in total. The Bertz CT molecular complexity index is 677. The van der Waals surface area contributed by atoms with Gasteiger partial charge < -0.3 is 16.4 Å². The Labute approximate surface area is 167 Å². The van der Waals surface area contributed by atoms with Crippen molar-refractivity contribution in [2.75, 3.05) is 13.3 Å². The average molecular weight is 397 g/mol. The van der Waals surface area contributed by atoms with Gasteiger partial charge in [0.25, 0.3) is 0 Å². The number of likely N-dealkylation sites (N-methyl/N-ethyl adjacent to an activating group) is 1. The van der Waals surface area contributed by atoms with Gasteiger partial charge in [0.05, 0.1) is 11.4 Å². The predicted molar refractivity (Wildman–Crippen MR) is 119 cm³/mol. The van der Waals surface area contributed by atoms with Crippen molar-refractivity contribution in [2.45, 2.75) is 25.8 Å². The van der Waals surface area contributed by atoms with E-state index in [2.05, 4.69) is 47.4 Å². The van der Waals surface area contributed by atoms with Crippen LogP contribution in [0.25, 0.3) is 6.08 Å². The summed E-state index contributed by atoms with van der Waals surface area (Å²) < 4.78 is 13.2. The van der Waals surface area contributed by atoms with Gasteiger partial charge in [-0.15, -0.1) is 11.8 Å². The number of hydrogen-bond acceptors (Lipinski definition) is 5. The topological polar surface area (TPSA) is 62.6 Å². The number of aliphatic imine (C=N–C) groups is 1. The quantitative estimate of drug-likeness (QED) is 0.744. The maximum absolute atomic E-state index is 13.2. The van der Waals surface area contributed by atoms with Crippen LogP contribution in [0.2, 0.25) is 0 Å². The number of nitrogens with zero attached hydrogens (tertiary/aromatic N) is 2. The van der Waals surface area contributed by atoms with E-state index in [0.717, 1.165) is 23.4 Å². The van der Waals surface area contributed by atoms with Crippen LogP contribution in [0.4, 0.5) is 4.39 Å². The van der Waals surface area contributed by atoms with E-state index in [1.54, 1.807) is 23.9 Å². The summed E-state index contributed by atoms with van der Waals surface area (Å²) in [5.74, 6) is -0.228. The molecule has 1 heterocycles. The van der Waals surface area contributed by atoms with Crippen molar-refractivity contribution >= 4 is 37.5 Å². The monoisotopic (exact) mass is 396 g/mol. The SMILES string of the molecule is CSC1N=CCC=C(/C(=C\c2ccc(F)cc2)N(C)C=C(C)C)N1.N.S. The van der Waals surface area contributed by atoms with Crippen LogP contribution >= 0.6 is 25.3 Å². The van der Waals surface area contributed by atoms with Crippen LogP contribution in [0, 0.1) is 5.82 Å². The Hall–Kier alpha value is -1.70. The first-order valence-corrected chi connectivity index (χ1v) is 9.15. The second-order valence-electron chi connectivity index (χ2n) is 5.82. The second-order valence-corrected chi connectivity index (χ2v) is 6.73. The third-order valence-electron chi connectivity index (χ3n) is 3.45. The fourth-order valence-electron chi connectivity index (χ4n) is 2.40. The zero-order valence-electron chi connectivity index (χ0n) is 15.8. The maximum atomic E-state index is 13.2. The van der Waals surface area contributed by atoms with Crippen molar-refractivity contribution in [3.05, 3.63) is 64.9 Å². The number of allylic oxidation sites excluding steroid dienone is 2. The summed E-state index contributed by atoms with van der Waals surface area (Å²) >= 11 is 1.65. The molecule has 0 saturated carbocycles. The lowest BCUT2D eigenvalue weighted by atomic mass is 10.1. The zero-order valence-corrected chi connectivity index (χ0v) is 17.6. The molecule has 0 amide bonds. The molecule has 0 spiro atoms. The van der Waals surface area contributed by atoms with Crippen molar-refractivity contribution in [3.63, 3.8) is 0 Å². The molecule has 4 N–H and O–H groups in total. The fraction of sp³-hybridized carbons (Fsp3) is 0.316. The van der Waals surface area contributed by atoms with E-state index >= 15 is 0 Å². The summed E-state index contributed by atoms with van der Waals surface area (Å²) in [6.07, 6.45) is 11.0. The lowest BCUT2D eigenvalue weighted by molar-refractivity contribution is 0.560. The van der Waals surface area contributed by atoms with Gasteiger partial charge in [-0.25, -0.2) is 4.39 Å². The van der Waals surface area contributed by atoms with E-state index in [-0.39, 0.29) is 31.0 Å². The standard InChI is InChI=1S/C19H24FN3S.H3N.H2S/c1-14(2)13-23(3)18(12-15-7-9-16(20)10-8-15)17-6-5-11-21-19(22-17)24-4;;/h6-13,19,22H,5H2,1-4H3;1H3;1H2/b18-12+;;. The molecular formula is C19H29FN4S2. The normalized spacial score (nSPS) is 16.3. The first-order valence-electron chi connectivity index (χ1n) is 7.86. The van der Waals surface area contributed by atoms with Crippen molar-refractivity contribution in [2.24, 2.45) is 4.99 Å². The van der Waals surface area contributed by atoms with E-state index in [1.165, 1.54) is 17.7 Å². The minimum atomic E-state index is -0.228. The molecule has 144 valence electrons. The highest BCUT2D eigenvalue weighted by atomic mass is 32.2. The first-order chi connectivity index (χ1) is 11.5. The van der Waals surface area contributed by atoms with E-state index in [4.69, 9.17) is 0 Å². The van der Waals surface area contributed by atoms with Crippen LogP contribution in [-0.4, -0.2) is 29.9 Å². The number of halogens is 1. The van der Waals surface area contributed by atoms with Gasteiger partial charge in [0.15, 0.2) is 5.50 Å². The molecule has 0 aliphatic carbocycles.